The van der Waals surface area contributed by atoms with Gasteiger partial charge >= 0.3 is 6.09 Å². The normalized spacial score (nSPS) is 14.1. The number of rotatable bonds is 5. The van der Waals surface area contributed by atoms with Gasteiger partial charge in [0.1, 0.15) is 11.4 Å². The molecule has 0 saturated carbocycles. The smallest absolute Gasteiger partial charge is 0.410 e. The molecule has 0 unspecified atom stereocenters. The van der Waals surface area contributed by atoms with Gasteiger partial charge in [0.15, 0.2) is 11.6 Å². The molecule has 2 rings (SSSR count). The first-order valence-electron chi connectivity index (χ1n) is 8.75. The molecule has 0 aliphatic carbocycles. The maximum atomic E-state index is 14.6. The minimum Gasteiger partial charge on any atom is -0.494 e. The maximum Gasteiger partial charge on any atom is 0.410 e. The van der Waals surface area contributed by atoms with E-state index in [0.29, 0.717) is 36.4 Å². The maximum absolute atomic E-state index is 14.6. The molecular formula is C19H28FNO4. The van der Waals surface area contributed by atoms with Gasteiger partial charge in [-0.05, 0) is 33.6 Å². The predicted molar refractivity (Wildman–Crippen MR) is 93.7 cm³/mol. The SMILES string of the molecule is CCCCOc1cc(OC)c(F)c2c1CN(C(=O)OC(C)(C)C)CC2. The predicted octanol–water partition coefficient (Wildman–Crippen LogP) is 4.31. The Morgan fingerprint density at radius 1 is 1.28 bits per heavy atom. The molecule has 0 saturated heterocycles. The van der Waals surface area contributed by atoms with Crippen LogP contribution in [0.2, 0.25) is 0 Å². The van der Waals surface area contributed by atoms with Crippen molar-refractivity contribution in [1.29, 1.82) is 0 Å². The van der Waals surface area contributed by atoms with Crippen molar-refractivity contribution in [3.8, 4) is 11.5 Å². The molecule has 0 fully saturated rings. The highest BCUT2D eigenvalue weighted by molar-refractivity contribution is 5.69. The molecule has 6 heteroatoms. The summed E-state index contributed by atoms with van der Waals surface area (Å²) in [5, 5.41) is 0. The Morgan fingerprint density at radius 2 is 2.00 bits per heavy atom. The lowest BCUT2D eigenvalue weighted by atomic mass is 9.97. The van der Waals surface area contributed by atoms with E-state index in [4.69, 9.17) is 14.2 Å². The first-order valence-corrected chi connectivity index (χ1v) is 8.75. The third kappa shape index (κ3) is 4.77. The lowest BCUT2D eigenvalue weighted by Gasteiger charge is -2.32. The minimum atomic E-state index is -0.566. The summed E-state index contributed by atoms with van der Waals surface area (Å²) in [6.45, 7) is 8.78. The fourth-order valence-corrected chi connectivity index (χ4v) is 2.74. The Labute approximate surface area is 149 Å². The molecule has 0 radical (unpaired) electrons. The summed E-state index contributed by atoms with van der Waals surface area (Å²) in [5.74, 6) is 0.384. The van der Waals surface area contributed by atoms with Crippen LogP contribution in [-0.4, -0.2) is 36.9 Å². The molecule has 1 aliphatic rings. The number of hydrogen-bond donors (Lipinski definition) is 0. The molecule has 1 aliphatic heterocycles. The van der Waals surface area contributed by atoms with Crippen LogP contribution in [0.5, 0.6) is 11.5 Å². The van der Waals surface area contributed by atoms with E-state index in [0.717, 1.165) is 12.8 Å². The number of fused-ring (bicyclic) bond motifs is 1. The van der Waals surface area contributed by atoms with Crippen molar-refractivity contribution >= 4 is 6.09 Å². The average molecular weight is 353 g/mol. The Balaban J connectivity index is 2.28. The van der Waals surface area contributed by atoms with Crippen molar-refractivity contribution in [1.82, 2.24) is 4.90 Å². The van der Waals surface area contributed by atoms with Crippen LogP contribution in [0, 0.1) is 5.82 Å². The molecule has 0 atom stereocenters. The van der Waals surface area contributed by atoms with Gasteiger partial charge in [-0.2, -0.15) is 0 Å². The van der Waals surface area contributed by atoms with Crippen LogP contribution in [0.25, 0.3) is 0 Å². The quantitative estimate of drug-likeness (QED) is 0.740. The van der Waals surface area contributed by atoms with Crippen molar-refractivity contribution < 1.29 is 23.4 Å². The van der Waals surface area contributed by atoms with E-state index in [2.05, 4.69) is 6.92 Å². The van der Waals surface area contributed by atoms with Crippen LogP contribution in [0.1, 0.15) is 51.7 Å². The molecular weight excluding hydrogens is 325 g/mol. The van der Waals surface area contributed by atoms with E-state index >= 15 is 0 Å². The number of benzene rings is 1. The topological polar surface area (TPSA) is 48.0 Å². The second-order valence-electron chi connectivity index (χ2n) is 7.20. The third-order valence-corrected chi connectivity index (χ3v) is 4.01. The van der Waals surface area contributed by atoms with Crippen molar-refractivity contribution in [3.05, 3.63) is 23.0 Å². The number of unbranched alkanes of at least 4 members (excludes halogenated alkanes) is 1. The highest BCUT2D eigenvalue weighted by Crippen LogP contribution is 2.36. The van der Waals surface area contributed by atoms with Crippen LogP contribution < -0.4 is 9.47 Å². The van der Waals surface area contributed by atoms with Crippen LogP contribution in [0.15, 0.2) is 6.07 Å². The van der Waals surface area contributed by atoms with Gasteiger partial charge < -0.3 is 19.1 Å². The molecule has 1 aromatic rings. The standard InChI is InChI=1S/C19H28FNO4/c1-6-7-10-24-15-11-16(23-5)17(20)13-8-9-21(12-14(13)15)18(22)25-19(2,3)4/h11H,6-10,12H2,1-5H3. The summed E-state index contributed by atoms with van der Waals surface area (Å²) in [6.07, 6.45) is 1.92. The van der Waals surface area contributed by atoms with Gasteiger partial charge in [0.2, 0.25) is 0 Å². The molecule has 140 valence electrons. The minimum absolute atomic E-state index is 0.177. The van der Waals surface area contributed by atoms with Gasteiger partial charge in [0.25, 0.3) is 0 Å². The third-order valence-electron chi connectivity index (χ3n) is 4.01. The van der Waals surface area contributed by atoms with Crippen molar-refractivity contribution in [2.75, 3.05) is 20.3 Å². The highest BCUT2D eigenvalue weighted by atomic mass is 19.1. The molecule has 0 aromatic heterocycles. The number of methoxy groups -OCH3 is 1. The Bertz CT molecular complexity index is 625. The summed E-state index contributed by atoms with van der Waals surface area (Å²) in [7, 11) is 1.44. The van der Waals surface area contributed by atoms with Gasteiger partial charge in [0, 0.05) is 23.7 Å². The zero-order valence-electron chi connectivity index (χ0n) is 15.8. The molecule has 1 heterocycles. The number of nitrogens with zero attached hydrogens (tertiary/aromatic N) is 1. The zero-order valence-corrected chi connectivity index (χ0v) is 15.8. The van der Waals surface area contributed by atoms with Gasteiger partial charge in [-0.15, -0.1) is 0 Å². The van der Waals surface area contributed by atoms with Crippen molar-refractivity contribution in [2.24, 2.45) is 0 Å². The Kier molecular flexibility index (Phi) is 6.14. The van der Waals surface area contributed by atoms with Crippen LogP contribution in [0.3, 0.4) is 0 Å². The number of carbonyl (C=O) groups excluding carboxylic acids is 1. The van der Waals surface area contributed by atoms with Crippen LogP contribution >= 0.6 is 0 Å². The lowest BCUT2D eigenvalue weighted by molar-refractivity contribution is 0.0221. The van der Waals surface area contributed by atoms with E-state index in [1.54, 1.807) is 11.0 Å². The second kappa shape index (κ2) is 7.93. The van der Waals surface area contributed by atoms with Gasteiger partial charge in [-0.1, -0.05) is 13.3 Å². The number of carbonyl (C=O) groups is 1. The molecule has 0 bridgehead atoms. The summed E-state index contributed by atoms with van der Waals surface area (Å²) in [4.78, 5) is 13.9. The molecule has 1 amide bonds. The summed E-state index contributed by atoms with van der Waals surface area (Å²) in [5.41, 5.74) is 0.695. The Morgan fingerprint density at radius 3 is 2.60 bits per heavy atom. The fraction of sp³-hybridized carbons (Fsp3) is 0.632. The number of halogens is 1. The second-order valence-corrected chi connectivity index (χ2v) is 7.20. The van der Waals surface area contributed by atoms with Gasteiger partial charge in [0.05, 0.1) is 20.3 Å². The first-order chi connectivity index (χ1) is 11.8. The summed E-state index contributed by atoms with van der Waals surface area (Å²) in [6, 6.07) is 1.57. The Hall–Kier alpha value is -1.98. The lowest BCUT2D eigenvalue weighted by Crippen LogP contribution is -2.40. The van der Waals surface area contributed by atoms with E-state index < -0.39 is 11.7 Å². The van der Waals surface area contributed by atoms with E-state index in [-0.39, 0.29) is 18.1 Å². The first kappa shape index (κ1) is 19.3. The van der Waals surface area contributed by atoms with Gasteiger partial charge in [-0.3, -0.25) is 0 Å². The number of amides is 1. The summed E-state index contributed by atoms with van der Waals surface area (Å²) >= 11 is 0. The average Bonchev–Trinajstić information content (AvgIpc) is 2.55. The van der Waals surface area contributed by atoms with E-state index in [1.807, 2.05) is 20.8 Å². The monoisotopic (exact) mass is 353 g/mol. The molecule has 0 N–H and O–H groups in total. The molecule has 5 nitrogen and oxygen atoms in total. The fourth-order valence-electron chi connectivity index (χ4n) is 2.74. The van der Waals surface area contributed by atoms with Crippen molar-refractivity contribution in [2.45, 2.75) is 59.1 Å². The molecule has 1 aromatic carbocycles. The number of hydrogen-bond acceptors (Lipinski definition) is 4. The largest absolute Gasteiger partial charge is 0.494 e. The van der Waals surface area contributed by atoms with Crippen LogP contribution in [0.4, 0.5) is 9.18 Å². The van der Waals surface area contributed by atoms with Gasteiger partial charge in [-0.25, -0.2) is 9.18 Å². The van der Waals surface area contributed by atoms with Crippen molar-refractivity contribution in [3.63, 3.8) is 0 Å². The highest BCUT2D eigenvalue weighted by Gasteiger charge is 2.30. The molecule has 0 spiro atoms. The van der Waals surface area contributed by atoms with E-state index in [1.165, 1.54) is 7.11 Å². The van der Waals surface area contributed by atoms with Crippen LogP contribution in [-0.2, 0) is 17.7 Å². The number of ether oxygens (including phenoxy) is 3. The zero-order chi connectivity index (χ0) is 18.6. The van der Waals surface area contributed by atoms with E-state index in [9.17, 15) is 9.18 Å². The summed E-state index contributed by atoms with van der Waals surface area (Å²) < 4.78 is 31.0. The molecule has 25 heavy (non-hydrogen) atoms.